The number of hydrogen-bond acceptors (Lipinski definition) is 3. The van der Waals surface area contributed by atoms with Crippen molar-refractivity contribution < 1.29 is 27.6 Å². The number of hydrogen-bond donors (Lipinski definition) is 1. The van der Waals surface area contributed by atoms with Crippen LogP contribution in [0.3, 0.4) is 0 Å². The van der Waals surface area contributed by atoms with Crippen molar-refractivity contribution >= 4 is 41.0 Å². The predicted octanol–water partition coefficient (Wildman–Crippen LogP) is 5.26. The van der Waals surface area contributed by atoms with E-state index in [1.807, 2.05) is 6.07 Å². The second-order valence-corrected chi connectivity index (χ2v) is 10.8. The lowest BCUT2D eigenvalue weighted by molar-refractivity contribution is -0.139. The monoisotopic (exact) mass is 584 g/mol. The first-order valence-corrected chi connectivity index (χ1v) is 13.3. The molecule has 210 valence electrons. The van der Waals surface area contributed by atoms with Gasteiger partial charge in [-0.2, -0.15) is 13.2 Å². The highest BCUT2D eigenvalue weighted by Crippen LogP contribution is 2.36. The van der Waals surface area contributed by atoms with Gasteiger partial charge in [0.25, 0.3) is 5.91 Å². The van der Waals surface area contributed by atoms with Crippen LogP contribution in [0.5, 0.6) is 0 Å². The molecule has 2 aliphatic heterocycles. The molecule has 0 aliphatic carbocycles. The van der Waals surface area contributed by atoms with Crippen molar-refractivity contribution in [2.45, 2.75) is 37.4 Å². The number of likely N-dealkylation sites (N-methyl/N-ethyl adjacent to an activating group) is 1. The van der Waals surface area contributed by atoms with Crippen LogP contribution in [-0.2, 0) is 11.0 Å². The highest BCUT2D eigenvalue weighted by atomic mass is 35.5. The van der Waals surface area contributed by atoms with Gasteiger partial charge in [-0.3, -0.25) is 9.59 Å². The summed E-state index contributed by atoms with van der Waals surface area (Å²) in [6.45, 7) is 1.57. The van der Waals surface area contributed by atoms with E-state index in [-0.39, 0.29) is 29.3 Å². The lowest BCUT2D eigenvalue weighted by Gasteiger charge is -2.44. The van der Waals surface area contributed by atoms with Crippen LogP contribution in [0.25, 0.3) is 0 Å². The minimum Gasteiger partial charge on any atom is -0.351 e. The Morgan fingerprint density at radius 2 is 1.54 bits per heavy atom. The van der Waals surface area contributed by atoms with Gasteiger partial charge in [0.2, 0.25) is 5.91 Å². The van der Waals surface area contributed by atoms with Crippen molar-refractivity contribution in [2.24, 2.45) is 11.7 Å². The Hall–Kier alpha value is -2.98. The second-order valence-electron chi connectivity index (χ2n) is 10.0. The molecule has 7 nitrogen and oxygen atoms in total. The first-order chi connectivity index (χ1) is 18.4. The molecule has 2 aromatic rings. The summed E-state index contributed by atoms with van der Waals surface area (Å²) in [6.07, 6.45) is -3.00. The van der Waals surface area contributed by atoms with E-state index in [1.165, 1.54) is 21.9 Å². The molecular weight excluding hydrogens is 556 g/mol. The zero-order valence-electron chi connectivity index (χ0n) is 21.3. The van der Waals surface area contributed by atoms with Gasteiger partial charge in [-0.1, -0.05) is 29.3 Å². The Labute approximate surface area is 234 Å². The molecule has 2 fully saturated rings. The number of primary amides is 1. The van der Waals surface area contributed by atoms with Crippen LogP contribution in [0, 0.1) is 5.92 Å². The van der Waals surface area contributed by atoms with Crippen LogP contribution in [0.15, 0.2) is 42.5 Å². The van der Waals surface area contributed by atoms with E-state index in [1.54, 1.807) is 24.1 Å². The lowest BCUT2D eigenvalue weighted by Crippen LogP contribution is -2.54. The largest absolute Gasteiger partial charge is 0.416 e. The van der Waals surface area contributed by atoms with Gasteiger partial charge in [-0.25, -0.2) is 4.79 Å². The standard InChI is InChI=1S/C27H29Cl2F3N4O3/c1-34(24(37)16-2-5-19(6-3-16)27(30,31)32)23-10-13-36(15-20(23)18-4-7-21(28)22(29)14-18)25(38)17-8-11-35(12-9-17)26(33)39/h2-7,14,17,20,23H,8-13,15H2,1H3,(H2,33,39)/t20-,23+/m0/s1. The molecule has 4 amide bonds. The van der Waals surface area contributed by atoms with Crippen LogP contribution < -0.4 is 5.73 Å². The molecule has 12 heteroatoms. The summed E-state index contributed by atoms with van der Waals surface area (Å²) in [5.41, 5.74) is 5.46. The fraction of sp³-hybridized carbons (Fsp3) is 0.444. The van der Waals surface area contributed by atoms with Crippen molar-refractivity contribution in [1.82, 2.24) is 14.7 Å². The average molecular weight is 585 g/mol. The van der Waals surface area contributed by atoms with E-state index in [9.17, 15) is 27.6 Å². The summed E-state index contributed by atoms with van der Waals surface area (Å²) in [4.78, 5) is 43.1. The molecule has 2 aliphatic rings. The van der Waals surface area contributed by atoms with Crippen LogP contribution in [0.4, 0.5) is 18.0 Å². The van der Waals surface area contributed by atoms with Gasteiger partial charge < -0.3 is 20.4 Å². The number of halogens is 5. The highest BCUT2D eigenvalue weighted by Gasteiger charge is 2.39. The minimum absolute atomic E-state index is 0.0145. The molecular formula is C27H29Cl2F3N4O3. The van der Waals surface area contributed by atoms with E-state index in [4.69, 9.17) is 28.9 Å². The molecule has 0 aromatic heterocycles. The van der Waals surface area contributed by atoms with Crippen molar-refractivity contribution in [3.05, 3.63) is 69.2 Å². The summed E-state index contributed by atoms with van der Waals surface area (Å²) >= 11 is 12.4. The van der Waals surface area contributed by atoms with Crippen molar-refractivity contribution in [2.75, 3.05) is 33.2 Å². The van der Waals surface area contributed by atoms with E-state index >= 15 is 0 Å². The number of rotatable bonds is 4. The van der Waals surface area contributed by atoms with E-state index in [0.717, 1.165) is 17.7 Å². The number of carbonyl (C=O) groups excluding carboxylic acids is 3. The highest BCUT2D eigenvalue weighted by molar-refractivity contribution is 6.42. The summed E-state index contributed by atoms with van der Waals surface area (Å²) < 4.78 is 39.0. The van der Waals surface area contributed by atoms with E-state index < -0.39 is 23.7 Å². The Morgan fingerprint density at radius 1 is 0.923 bits per heavy atom. The second kappa shape index (κ2) is 11.6. The number of alkyl halides is 3. The van der Waals surface area contributed by atoms with Gasteiger partial charge in [0, 0.05) is 56.7 Å². The van der Waals surface area contributed by atoms with Crippen LogP contribution in [0.2, 0.25) is 10.0 Å². The smallest absolute Gasteiger partial charge is 0.351 e. The normalized spacial score (nSPS) is 20.6. The minimum atomic E-state index is -4.50. The maximum absolute atomic E-state index is 13.4. The molecule has 2 aromatic carbocycles. The van der Waals surface area contributed by atoms with Gasteiger partial charge in [0.15, 0.2) is 0 Å². The van der Waals surface area contributed by atoms with Gasteiger partial charge in [0.05, 0.1) is 15.6 Å². The third kappa shape index (κ3) is 6.44. The van der Waals surface area contributed by atoms with Crippen LogP contribution >= 0.6 is 23.2 Å². The molecule has 0 spiro atoms. The number of urea groups is 1. The Morgan fingerprint density at radius 3 is 2.10 bits per heavy atom. The molecule has 4 rings (SSSR count). The average Bonchev–Trinajstić information content (AvgIpc) is 2.92. The zero-order valence-corrected chi connectivity index (χ0v) is 22.8. The van der Waals surface area contributed by atoms with Crippen molar-refractivity contribution in [3.63, 3.8) is 0 Å². The molecule has 0 saturated carbocycles. The van der Waals surface area contributed by atoms with Gasteiger partial charge >= 0.3 is 12.2 Å². The fourth-order valence-corrected chi connectivity index (χ4v) is 5.74. The Bertz CT molecular complexity index is 1230. The maximum Gasteiger partial charge on any atom is 0.416 e. The lowest BCUT2D eigenvalue weighted by atomic mass is 9.83. The molecule has 2 N–H and O–H groups in total. The third-order valence-electron chi connectivity index (χ3n) is 7.69. The number of carbonyl (C=O) groups is 3. The fourth-order valence-electron chi connectivity index (χ4n) is 5.44. The van der Waals surface area contributed by atoms with Crippen LogP contribution in [-0.4, -0.2) is 71.8 Å². The summed E-state index contributed by atoms with van der Waals surface area (Å²) in [5.74, 6) is -0.985. The molecule has 2 heterocycles. The van der Waals surface area contributed by atoms with E-state index in [0.29, 0.717) is 55.5 Å². The first kappa shape index (κ1) is 29.0. The van der Waals surface area contributed by atoms with E-state index in [2.05, 4.69) is 0 Å². The molecule has 2 saturated heterocycles. The summed E-state index contributed by atoms with van der Waals surface area (Å²) in [6, 6.07) is 8.47. The number of nitrogens with zero attached hydrogens (tertiary/aromatic N) is 3. The molecule has 0 radical (unpaired) electrons. The number of likely N-dealkylation sites (tertiary alicyclic amines) is 2. The van der Waals surface area contributed by atoms with Crippen molar-refractivity contribution in [3.8, 4) is 0 Å². The number of amides is 4. The zero-order chi connectivity index (χ0) is 28.5. The van der Waals surface area contributed by atoms with Gasteiger partial charge in [-0.05, 0) is 61.2 Å². The Kier molecular flexibility index (Phi) is 8.66. The van der Waals surface area contributed by atoms with Crippen molar-refractivity contribution in [1.29, 1.82) is 0 Å². The number of piperidine rings is 2. The topological polar surface area (TPSA) is 87.0 Å². The molecule has 0 bridgehead atoms. The molecule has 39 heavy (non-hydrogen) atoms. The maximum atomic E-state index is 13.4. The Balaban J connectivity index is 1.55. The number of benzene rings is 2. The third-order valence-corrected chi connectivity index (χ3v) is 8.43. The number of nitrogens with two attached hydrogens (primary N) is 1. The molecule has 2 atom stereocenters. The first-order valence-electron chi connectivity index (χ1n) is 12.6. The SMILES string of the molecule is CN(C(=O)c1ccc(C(F)(F)F)cc1)[C@@H]1CCN(C(=O)C2CCN(C(N)=O)CC2)C[C@H]1c1ccc(Cl)c(Cl)c1. The van der Waals surface area contributed by atoms with Gasteiger partial charge in [-0.15, -0.1) is 0 Å². The predicted molar refractivity (Wildman–Crippen MR) is 142 cm³/mol. The molecule has 0 unspecified atom stereocenters. The van der Waals surface area contributed by atoms with Crippen LogP contribution in [0.1, 0.15) is 46.7 Å². The summed E-state index contributed by atoms with van der Waals surface area (Å²) in [7, 11) is 1.62. The quantitative estimate of drug-likeness (QED) is 0.532. The summed E-state index contributed by atoms with van der Waals surface area (Å²) in [5, 5.41) is 0.711. The van der Waals surface area contributed by atoms with Gasteiger partial charge in [0.1, 0.15) is 0 Å².